The van der Waals surface area contributed by atoms with Crippen molar-refractivity contribution >= 4 is 40.9 Å². The summed E-state index contributed by atoms with van der Waals surface area (Å²) in [6.45, 7) is 0.308. The van der Waals surface area contributed by atoms with Gasteiger partial charge in [0.15, 0.2) is 0 Å². The van der Waals surface area contributed by atoms with E-state index in [1.165, 1.54) is 11.8 Å². The van der Waals surface area contributed by atoms with E-state index >= 15 is 0 Å². The van der Waals surface area contributed by atoms with Crippen molar-refractivity contribution in [3.63, 3.8) is 0 Å². The van der Waals surface area contributed by atoms with E-state index in [1.807, 2.05) is 24.3 Å². The van der Waals surface area contributed by atoms with Gasteiger partial charge in [-0.2, -0.15) is 0 Å². The summed E-state index contributed by atoms with van der Waals surface area (Å²) in [7, 11) is 0. The molecule has 0 fully saturated rings. The molecular formula is C17H14ClNO3S. The SMILES string of the molecule is O=C(CCN1C(=O)CSc2ccccc21)Oc1ccc(Cl)cc1. The van der Waals surface area contributed by atoms with E-state index in [9.17, 15) is 9.59 Å². The van der Waals surface area contributed by atoms with E-state index in [0.29, 0.717) is 23.1 Å². The van der Waals surface area contributed by atoms with Crippen LogP contribution in [0.2, 0.25) is 5.02 Å². The average Bonchev–Trinajstić information content (AvgIpc) is 2.56. The highest BCUT2D eigenvalue weighted by atomic mass is 35.5. The Hall–Kier alpha value is -1.98. The van der Waals surface area contributed by atoms with Gasteiger partial charge in [0.05, 0.1) is 17.9 Å². The number of carbonyl (C=O) groups is 2. The zero-order valence-corrected chi connectivity index (χ0v) is 13.8. The minimum Gasteiger partial charge on any atom is -0.426 e. The second-order valence-corrected chi connectivity index (χ2v) is 6.43. The van der Waals surface area contributed by atoms with E-state index in [1.54, 1.807) is 29.2 Å². The van der Waals surface area contributed by atoms with Crippen LogP contribution in [0.25, 0.3) is 0 Å². The largest absolute Gasteiger partial charge is 0.426 e. The molecule has 0 aromatic heterocycles. The Morgan fingerprint density at radius 1 is 1.17 bits per heavy atom. The molecule has 1 aliphatic rings. The maximum absolute atomic E-state index is 12.1. The van der Waals surface area contributed by atoms with Crippen molar-refractivity contribution in [2.75, 3.05) is 17.2 Å². The number of anilines is 1. The molecule has 2 aromatic carbocycles. The van der Waals surface area contributed by atoms with Gasteiger partial charge in [-0.05, 0) is 36.4 Å². The normalized spacial score (nSPS) is 13.6. The summed E-state index contributed by atoms with van der Waals surface area (Å²) in [6.07, 6.45) is 0.132. The van der Waals surface area contributed by atoms with Gasteiger partial charge in [-0.15, -0.1) is 11.8 Å². The molecule has 3 rings (SSSR count). The number of rotatable bonds is 4. The fourth-order valence-corrected chi connectivity index (χ4v) is 3.35. The Kier molecular flexibility index (Phi) is 4.88. The quantitative estimate of drug-likeness (QED) is 0.624. The lowest BCUT2D eigenvalue weighted by atomic mass is 10.2. The van der Waals surface area contributed by atoms with Crippen molar-refractivity contribution in [1.29, 1.82) is 0 Å². The van der Waals surface area contributed by atoms with Gasteiger partial charge >= 0.3 is 5.97 Å². The number of amides is 1. The van der Waals surface area contributed by atoms with Crippen LogP contribution < -0.4 is 9.64 Å². The Bertz CT molecular complexity index is 733. The van der Waals surface area contributed by atoms with Crippen molar-refractivity contribution in [3.05, 3.63) is 53.6 Å². The molecule has 2 aromatic rings. The molecule has 1 heterocycles. The van der Waals surface area contributed by atoms with Crippen LogP contribution in [0.4, 0.5) is 5.69 Å². The highest BCUT2D eigenvalue weighted by molar-refractivity contribution is 8.00. The molecule has 0 aliphatic carbocycles. The van der Waals surface area contributed by atoms with Crippen LogP contribution in [0.1, 0.15) is 6.42 Å². The first-order valence-electron chi connectivity index (χ1n) is 7.12. The van der Waals surface area contributed by atoms with Gasteiger partial charge in [-0.1, -0.05) is 23.7 Å². The molecule has 0 spiro atoms. The summed E-state index contributed by atoms with van der Waals surface area (Å²) in [5, 5.41) is 0.581. The van der Waals surface area contributed by atoms with E-state index in [-0.39, 0.29) is 18.3 Å². The van der Waals surface area contributed by atoms with Crippen molar-refractivity contribution in [2.24, 2.45) is 0 Å². The van der Waals surface area contributed by atoms with E-state index < -0.39 is 0 Å². The van der Waals surface area contributed by atoms with Gasteiger partial charge in [-0.3, -0.25) is 9.59 Å². The highest BCUT2D eigenvalue weighted by Gasteiger charge is 2.24. The minimum absolute atomic E-state index is 0.00740. The third-order valence-electron chi connectivity index (χ3n) is 3.39. The van der Waals surface area contributed by atoms with Crippen LogP contribution in [0.15, 0.2) is 53.4 Å². The number of esters is 1. The van der Waals surface area contributed by atoms with Crippen LogP contribution in [0.3, 0.4) is 0 Å². The maximum Gasteiger partial charge on any atom is 0.312 e. The van der Waals surface area contributed by atoms with Crippen LogP contribution in [-0.2, 0) is 9.59 Å². The molecule has 0 radical (unpaired) electrons. The molecule has 118 valence electrons. The van der Waals surface area contributed by atoms with E-state index in [4.69, 9.17) is 16.3 Å². The zero-order chi connectivity index (χ0) is 16.2. The topological polar surface area (TPSA) is 46.6 Å². The van der Waals surface area contributed by atoms with Crippen molar-refractivity contribution in [2.45, 2.75) is 11.3 Å². The van der Waals surface area contributed by atoms with Gasteiger partial charge in [0, 0.05) is 16.5 Å². The number of ether oxygens (including phenoxy) is 1. The predicted octanol–water partition coefficient (Wildman–Crippen LogP) is 3.77. The monoisotopic (exact) mass is 347 g/mol. The Labute approximate surface area is 143 Å². The summed E-state index contributed by atoms with van der Waals surface area (Å²) in [6, 6.07) is 14.3. The molecule has 0 N–H and O–H groups in total. The lowest BCUT2D eigenvalue weighted by Gasteiger charge is -2.28. The number of benzene rings is 2. The molecule has 0 unspecified atom stereocenters. The molecule has 23 heavy (non-hydrogen) atoms. The number of nitrogens with zero attached hydrogens (tertiary/aromatic N) is 1. The molecule has 0 saturated carbocycles. The number of para-hydroxylation sites is 1. The van der Waals surface area contributed by atoms with Crippen LogP contribution >= 0.6 is 23.4 Å². The Morgan fingerprint density at radius 3 is 2.70 bits per heavy atom. The first-order valence-corrected chi connectivity index (χ1v) is 8.48. The maximum atomic E-state index is 12.1. The zero-order valence-electron chi connectivity index (χ0n) is 12.2. The lowest BCUT2D eigenvalue weighted by Crippen LogP contribution is -2.37. The average molecular weight is 348 g/mol. The second-order valence-electron chi connectivity index (χ2n) is 4.98. The Balaban J connectivity index is 1.62. The number of carbonyl (C=O) groups excluding carboxylic acids is 2. The van der Waals surface area contributed by atoms with E-state index in [2.05, 4.69) is 0 Å². The number of fused-ring (bicyclic) bond motifs is 1. The first-order chi connectivity index (χ1) is 11.1. The van der Waals surface area contributed by atoms with Gasteiger partial charge < -0.3 is 9.64 Å². The summed E-state index contributed by atoms with van der Waals surface area (Å²) < 4.78 is 5.24. The molecule has 6 heteroatoms. The number of hydrogen-bond donors (Lipinski definition) is 0. The number of hydrogen-bond acceptors (Lipinski definition) is 4. The van der Waals surface area contributed by atoms with Gasteiger partial charge in [0.2, 0.25) is 5.91 Å². The van der Waals surface area contributed by atoms with Gasteiger partial charge in [-0.25, -0.2) is 0 Å². The minimum atomic E-state index is -0.379. The van der Waals surface area contributed by atoms with Crippen molar-refractivity contribution in [3.8, 4) is 5.75 Å². The van der Waals surface area contributed by atoms with Gasteiger partial charge in [0.1, 0.15) is 5.75 Å². The molecule has 0 bridgehead atoms. The van der Waals surface area contributed by atoms with Gasteiger partial charge in [0.25, 0.3) is 0 Å². The standard InChI is InChI=1S/C17H14ClNO3S/c18-12-5-7-13(8-6-12)22-17(21)9-10-19-14-3-1-2-4-15(14)23-11-16(19)20/h1-8H,9-11H2. The van der Waals surface area contributed by atoms with Crippen LogP contribution in [-0.4, -0.2) is 24.2 Å². The summed E-state index contributed by atoms with van der Waals surface area (Å²) in [4.78, 5) is 26.8. The van der Waals surface area contributed by atoms with Crippen LogP contribution in [0, 0.1) is 0 Å². The molecular weight excluding hydrogens is 334 g/mol. The van der Waals surface area contributed by atoms with Crippen molar-refractivity contribution in [1.82, 2.24) is 0 Å². The fraction of sp³-hybridized carbons (Fsp3) is 0.176. The highest BCUT2D eigenvalue weighted by Crippen LogP contribution is 2.34. The smallest absolute Gasteiger partial charge is 0.312 e. The number of halogens is 1. The summed E-state index contributed by atoms with van der Waals surface area (Å²) in [5.74, 6) is 0.465. The molecule has 1 aliphatic heterocycles. The first kappa shape index (κ1) is 15.9. The molecule has 0 saturated heterocycles. The summed E-state index contributed by atoms with van der Waals surface area (Å²) in [5.41, 5.74) is 0.855. The third kappa shape index (κ3) is 3.86. The van der Waals surface area contributed by atoms with Crippen LogP contribution in [0.5, 0.6) is 5.75 Å². The molecule has 1 amide bonds. The number of thioether (sulfide) groups is 1. The van der Waals surface area contributed by atoms with Crippen molar-refractivity contribution < 1.29 is 14.3 Å². The molecule has 4 nitrogen and oxygen atoms in total. The summed E-state index contributed by atoms with van der Waals surface area (Å²) >= 11 is 7.31. The lowest BCUT2D eigenvalue weighted by molar-refractivity contribution is -0.134. The fourth-order valence-electron chi connectivity index (χ4n) is 2.29. The Morgan fingerprint density at radius 2 is 1.91 bits per heavy atom. The third-order valence-corrected chi connectivity index (χ3v) is 4.69. The predicted molar refractivity (Wildman–Crippen MR) is 91.2 cm³/mol. The molecule has 0 atom stereocenters. The second kappa shape index (κ2) is 7.06. The van der Waals surface area contributed by atoms with E-state index in [0.717, 1.165) is 10.6 Å².